The fourth-order valence-corrected chi connectivity index (χ4v) is 3.01. The first-order valence-electron chi connectivity index (χ1n) is 9.75. The Morgan fingerprint density at radius 3 is 1.70 bits per heavy atom. The summed E-state index contributed by atoms with van der Waals surface area (Å²) in [6.07, 6.45) is 0. The van der Waals surface area contributed by atoms with E-state index in [9.17, 15) is 5.11 Å². The van der Waals surface area contributed by atoms with Crippen molar-refractivity contribution in [2.75, 3.05) is 0 Å². The van der Waals surface area contributed by atoms with Crippen LogP contribution in [0.1, 0.15) is 16.7 Å². The molecule has 0 aliphatic heterocycles. The number of phenolic OH excluding ortho intramolecular Hbond substituents is 1. The minimum Gasteiger partial charge on any atom is -0.508 e. The minimum absolute atomic E-state index is 0.229. The van der Waals surface area contributed by atoms with Crippen LogP contribution in [0, 0.1) is 13.8 Å². The molecule has 30 heavy (non-hydrogen) atoms. The number of azo groups is 1. The van der Waals surface area contributed by atoms with Crippen LogP contribution in [-0.2, 0) is 6.54 Å². The third-order valence-corrected chi connectivity index (χ3v) is 4.76. The van der Waals surface area contributed by atoms with Crippen molar-refractivity contribution >= 4 is 5.95 Å². The molecule has 0 spiro atoms. The van der Waals surface area contributed by atoms with Gasteiger partial charge in [0.05, 0.1) is 17.9 Å². The van der Waals surface area contributed by atoms with Crippen molar-refractivity contribution in [3.05, 3.63) is 95.6 Å². The second kappa shape index (κ2) is 8.66. The van der Waals surface area contributed by atoms with Gasteiger partial charge in [0.2, 0.25) is 0 Å². The van der Waals surface area contributed by atoms with E-state index < -0.39 is 0 Å². The first-order valence-corrected chi connectivity index (χ1v) is 9.75. The number of hydrogen-bond acceptors (Lipinski definition) is 5. The van der Waals surface area contributed by atoms with E-state index in [1.807, 2.05) is 42.5 Å². The number of nitrogens with zero attached hydrogens (tertiary/aromatic N) is 4. The number of aryl methyl sites for hydroxylation is 2. The fourth-order valence-electron chi connectivity index (χ4n) is 3.01. The van der Waals surface area contributed by atoms with Gasteiger partial charge in [0.15, 0.2) is 0 Å². The summed E-state index contributed by atoms with van der Waals surface area (Å²) >= 11 is 0. The Labute approximate surface area is 175 Å². The van der Waals surface area contributed by atoms with E-state index in [0.29, 0.717) is 12.5 Å². The maximum atomic E-state index is 9.40. The zero-order chi connectivity index (χ0) is 20.9. The van der Waals surface area contributed by atoms with Gasteiger partial charge in [0.1, 0.15) is 5.75 Å². The van der Waals surface area contributed by atoms with E-state index in [2.05, 4.69) is 58.3 Å². The van der Waals surface area contributed by atoms with Crippen LogP contribution in [0.4, 0.5) is 5.95 Å². The van der Waals surface area contributed by atoms with Crippen LogP contribution in [0.15, 0.2) is 89.1 Å². The maximum Gasteiger partial charge on any atom is 0.269 e. The van der Waals surface area contributed by atoms with Crippen molar-refractivity contribution in [3.63, 3.8) is 0 Å². The zero-order valence-electron chi connectivity index (χ0n) is 16.9. The van der Waals surface area contributed by atoms with Crippen LogP contribution in [-0.4, -0.2) is 15.1 Å². The van der Waals surface area contributed by atoms with Gasteiger partial charge in [-0.15, -0.1) is 5.11 Å². The third kappa shape index (κ3) is 4.75. The predicted molar refractivity (Wildman–Crippen MR) is 119 cm³/mol. The number of aromatic hydroxyl groups is 1. The molecular formula is C25H22N4O. The molecule has 5 heteroatoms. The van der Waals surface area contributed by atoms with Gasteiger partial charge in [-0.05, 0) is 37.6 Å². The lowest BCUT2D eigenvalue weighted by molar-refractivity contribution is 0.475. The summed E-state index contributed by atoms with van der Waals surface area (Å²) in [5.41, 5.74) is 6.96. The number of aromatic nitrogens is 2. The van der Waals surface area contributed by atoms with Crippen LogP contribution >= 0.6 is 0 Å². The lowest BCUT2D eigenvalue weighted by Crippen LogP contribution is -1.92. The van der Waals surface area contributed by atoms with Gasteiger partial charge in [0.25, 0.3) is 5.95 Å². The smallest absolute Gasteiger partial charge is 0.269 e. The predicted octanol–water partition coefficient (Wildman–Crippen LogP) is 6.42. The van der Waals surface area contributed by atoms with Crippen LogP contribution in [0.2, 0.25) is 0 Å². The third-order valence-electron chi connectivity index (χ3n) is 4.76. The standard InChI is InChI=1S/C25H22N4O/c1-17-3-9-20(10-4-17)23-15-24(21-11-5-18(2)6-12-21)28-25(27-23)29-26-16-19-7-13-22(30)14-8-19/h3-15,30H,16H2,1-2H3. The van der Waals surface area contributed by atoms with E-state index >= 15 is 0 Å². The van der Waals surface area contributed by atoms with E-state index in [-0.39, 0.29) is 5.75 Å². The topological polar surface area (TPSA) is 70.7 Å². The van der Waals surface area contributed by atoms with Crippen molar-refractivity contribution in [2.45, 2.75) is 20.4 Å². The van der Waals surface area contributed by atoms with Crippen molar-refractivity contribution in [3.8, 4) is 28.3 Å². The fraction of sp³-hybridized carbons (Fsp3) is 0.120. The molecule has 5 nitrogen and oxygen atoms in total. The summed E-state index contributed by atoms with van der Waals surface area (Å²) in [5, 5.41) is 17.9. The zero-order valence-corrected chi connectivity index (χ0v) is 16.9. The molecule has 4 rings (SSSR count). The average molecular weight is 394 g/mol. The van der Waals surface area contributed by atoms with Crippen LogP contribution in [0.5, 0.6) is 5.75 Å². The molecule has 0 fully saturated rings. The number of rotatable bonds is 5. The highest BCUT2D eigenvalue weighted by Crippen LogP contribution is 2.27. The van der Waals surface area contributed by atoms with Gasteiger partial charge in [-0.25, -0.2) is 9.97 Å². The highest BCUT2D eigenvalue weighted by atomic mass is 16.3. The van der Waals surface area contributed by atoms with E-state index in [4.69, 9.17) is 0 Å². The highest BCUT2D eigenvalue weighted by molar-refractivity contribution is 5.69. The second-order valence-electron chi connectivity index (χ2n) is 7.24. The van der Waals surface area contributed by atoms with Gasteiger partial charge >= 0.3 is 0 Å². The van der Waals surface area contributed by atoms with Gasteiger partial charge in [-0.1, -0.05) is 71.8 Å². The van der Waals surface area contributed by atoms with Crippen molar-refractivity contribution in [1.82, 2.24) is 9.97 Å². The van der Waals surface area contributed by atoms with Crippen LogP contribution in [0.25, 0.3) is 22.5 Å². The highest BCUT2D eigenvalue weighted by Gasteiger charge is 2.09. The maximum absolute atomic E-state index is 9.40. The Kier molecular flexibility index (Phi) is 5.61. The van der Waals surface area contributed by atoms with Gasteiger partial charge < -0.3 is 5.11 Å². The first kappa shape index (κ1) is 19.5. The molecule has 0 bridgehead atoms. The summed E-state index contributed by atoms with van der Waals surface area (Å²) < 4.78 is 0. The molecule has 0 saturated carbocycles. The molecule has 4 aromatic rings. The number of phenols is 1. The monoisotopic (exact) mass is 394 g/mol. The van der Waals surface area contributed by atoms with Crippen molar-refractivity contribution in [2.24, 2.45) is 10.2 Å². The number of benzene rings is 3. The minimum atomic E-state index is 0.229. The Morgan fingerprint density at radius 2 is 1.20 bits per heavy atom. The Hall–Kier alpha value is -3.86. The molecule has 1 heterocycles. The normalized spacial score (nSPS) is 11.1. The first-order chi connectivity index (χ1) is 14.6. The molecule has 3 aromatic carbocycles. The molecule has 148 valence electrons. The summed E-state index contributed by atoms with van der Waals surface area (Å²) in [7, 11) is 0. The summed E-state index contributed by atoms with van der Waals surface area (Å²) in [4.78, 5) is 9.22. The van der Waals surface area contributed by atoms with E-state index in [0.717, 1.165) is 28.1 Å². The SMILES string of the molecule is Cc1ccc(-c2cc(-c3ccc(C)cc3)nc(N=NCc3ccc(O)cc3)n2)cc1. The second-order valence-corrected chi connectivity index (χ2v) is 7.24. The van der Waals surface area contributed by atoms with Gasteiger partial charge in [0, 0.05) is 11.1 Å². The van der Waals surface area contributed by atoms with Gasteiger partial charge in [-0.2, -0.15) is 5.11 Å². The molecule has 1 N–H and O–H groups in total. The summed E-state index contributed by atoms with van der Waals surface area (Å²) in [6, 6.07) is 25.3. The van der Waals surface area contributed by atoms with E-state index in [1.165, 1.54) is 11.1 Å². The van der Waals surface area contributed by atoms with Crippen molar-refractivity contribution in [1.29, 1.82) is 0 Å². The van der Waals surface area contributed by atoms with Crippen molar-refractivity contribution < 1.29 is 5.11 Å². The molecule has 0 saturated heterocycles. The molecule has 0 amide bonds. The number of hydrogen-bond donors (Lipinski definition) is 1. The Morgan fingerprint density at radius 1 is 0.700 bits per heavy atom. The molecular weight excluding hydrogens is 372 g/mol. The van der Waals surface area contributed by atoms with Gasteiger partial charge in [-0.3, -0.25) is 0 Å². The largest absolute Gasteiger partial charge is 0.508 e. The Bertz CT molecular complexity index is 1100. The summed E-state index contributed by atoms with van der Waals surface area (Å²) in [6.45, 7) is 4.51. The molecule has 0 aliphatic rings. The molecule has 0 atom stereocenters. The molecule has 0 aliphatic carbocycles. The van der Waals surface area contributed by atoms with Crippen LogP contribution < -0.4 is 0 Å². The lowest BCUT2D eigenvalue weighted by Gasteiger charge is -2.07. The van der Waals surface area contributed by atoms with E-state index in [1.54, 1.807) is 12.1 Å². The average Bonchev–Trinajstić information content (AvgIpc) is 2.76. The van der Waals surface area contributed by atoms with Crippen LogP contribution in [0.3, 0.4) is 0 Å². The quantitative estimate of drug-likeness (QED) is 0.397. The summed E-state index contributed by atoms with van der Waals surface area (Å²) in [5.74, 6) is 0.551. The molecule has 0 radical (unpaired) electrons. The Balaban J connectivity index is 1.69. The molecule has 0 unspecified atom stereocenters. The lowest BCUT2D eigenvalue weighted by atomic mass is 10.1. The molecule has 1 aromatic heterocycles.